The fourth-order valence-corrected chi connectivity index (χ4v) is 2.20. The van der Waals surface area contributed by atoms with Crippen LogP contribution in [0.4, 0.5) is 5.82 Å². The highest BCUT2D eigenvalue weighted by Crippen LogP contribution is 2.26. The monoisotopic (exact) mass is 236 g/mol. The number of aryl methyl sites for hydroxylation is 1. The van der Waals surface area contributed by atoms with Crippen LogP contribution in [-0.4, -0.2) is 16.1 Å². The Labute approximate surface area is 102 Å². The molecule has 0 atom stereocenters. The van der Waals surface area contributed by atoms with Gasteiger partial charge in [-0.25, -0.2) is 10.8 Å². The van der Waals surface area contributed by atoms with Gasteiger partial charge in [0.05, 0.1) is 5.56 Å². The molecule has 0 spiro atoms. The molecule has 3 N–H and O–H groups in total. The fourth-order valence-electron chi connectivity index (χ4n) is 2.20. The van der Waals surface area contributed by atoms with Crippen LogP contribution in [-0.2, 0) is 0 Å². The molecule has 17 heavy (non-hydrogen) atoms. The minimum absolute atomic E-state index is 0.294. The molecule has 0 bridgehead atoms. The number of ether oxygens (including phenoxy) is 1. The smallest absolute Gasteiger partial charge is 0.222 e. The van der Waals surface area contributed by atoms with E-state index in [9.17, 15) is 0 Å². The molecule has 1 aliphatic rings. The lowest BCUT2D eigenvalue weighted by molar-refractivity contribution is 0.147. The van der Waals surface area contributed by atoms with Crippen molar-refractivity contribution in [3.63, 3.8) is 0 Å². The van der Waals surface area contributed by atoms with Gasteiger partial charge in [0.1, 0.15) is 17.7 Å². The van der Waals surface area contributed by atoms with Crippen molar-refractivity contribution in [1.82, 2.24) is 9.97 Å². The van der Waals surface area contributed by atoms with Crippen LogP contribution in [0.3, 0.4) is 0 Å². The molecular formula is C12H20N4O. The SMILES string of the molecule is Cc1nc(NN)c(C)c(OC2CCCCC2)n1. The van der Waals surface area contributed by atoms with E-state index in [-0.39, 0.29) is 0 Å². The lowest BCUT2D eigenvalue weighted by Crippen LogP contribution is -2.21. The summed E-state index contributed by atoms with van der Waals surface area (Å²) in [4.78, 5) is 8.56. The second kappa shape index (κ2) is 5.31. The Morgan fingerprint density at radius 2 is 1.88 bits per heavy atom. The van der Waals surface area contributed by atoms with Crippen LogP contribution in [0, 0.1) is 13.8 Å². The van der Waals surface area contributed by atoms with Crippen LogP contribution in [0.5, 0.6) is 5.88 Å². The molecule has 5 heteroatoms. The van der Waals surface area contributed by atoms with Crippen molar-refractivity contribution in [2.45, 2.75) is 52.1 Å². The number of rotatable bonds is 3. The van der Waals surface area contributed by atoms with Gasteiger partial charge in [-0.05, 0) is 39.5 Å². The van der Waals surface area contributed by atoms with E-state index in [1.54, 1.807) is 0 Å². The summed E-state index contributed by atoms with van der Waals surface area (Å²) in [5, 5.41) is 0. The van der Waals surface area contributed by atoms with Gasteiger partial charge in [-0.1, -0.05) is 6.42 Å². The van der Waals surface area contributed by atoms with Crippen molar-refractivity contribution in [2.24, 2.45) is 5.84 Å². The minimum atomic E-state index is 0.294. The Hall–Kier alpha value is -1.36. The predicted octanol–water partition coefficient (Wildman–Crippen LogP) is 2.09. The van der Waals surface area contributed by atoms with E-state index in [2.05, 4.69) is 15.4 Å². The van der Waals surface area contributed by atoms with E-state index in [1.165, 1.54) is 19.3 Å². The fraction of sp³-hybridized carbons (Fsp3) is 0.667. The van der Waals surface area contributed by atoms with Crippen LogP contribution in [0.25, 0.3) is 0 Å². The normalized spacial score (nSPS) is 16.9. The lowest BCUT2D eigenvalue weighted by Gasteiger charge is -2.23. The average molecular weight is 236 g/mol. The third kappa shape index (κ3) is 2.85. The predicted molar refractivity (Wildman–Crippen MR) is 66.8 cm³/mol. The summed E-state index contributed by atoms with van der Waals surface area (Å²) >= 11 is 0. The highest BCUT2D eigenvalue weighted by molar-refractivity contribution is 5.47. The van der Waals surface area contributed by atoms with Gasteiger partial charge in [0.15, 0.2) is 0 Å². The topological polar surface area (TPSA) is 73.1 Å². The molecule has 1 fully saturated rings. The van der Waals surface area contributed by atoms with Crippen molar-refractivity contribution < 1.29 is 4.74 Å². The van der Waals surface area contributed by atoms with Crippen LogP contribution < -0.4 is 16.0 Å². The minimum Gasteiger partial charge on any atom is -0.474 e. The van der Waals surface area contributed by atoms with Gasteiger partial charge in [0, 0.05) is 0 Å². The standard InChI is InChI=1S/C12H20N4O/c1-8-11(16-13)14-9(2)15-12(8)17-10-6-4-3-5-7-10/h10H,3-7,13H2,1-2H3,(H,14,15,16). The molecule has 1 aromatic heterocycles. The van der Waals surface area contributed by atoms with Crippen molar-refractivity contribution in [3.8, 4) is 5.88 Å². The van der Waals surface area contributed by atoms with Gasteiger partial charge >= 0.3 is 0 Å². The molecule has 1 aliphatic carbocycles. The number of hydrazine groups is 1. The number of nitrogen functional groups attached to an aromatic ring is 1. The van der Waals surface area contributed by atoms with Crippen LogP contribution in [0.2, 0.25) is 0 Å². The quantitative estimate of drug-likeness (QED) is 0.621. The number of anilines is 1. The number of hydrogen-bond acceptors (Lipinski definition) is 5. The molecule has 0 aromatic carbocycles. The number of nitrogens with two attached hydrogens (primary N) is 1. The highest BCUT2D eigenvalue weighted by Gasteiger charge is 2.18. The summed E-state index contributed by atoms with van der Waals surface area (Å²) < 4.78 is 5.96. The second-order valence-electron chi connectivity index (χ2n) is 4.57. The maximum Gasteiger partial charge on any atom is 0.222 e. The Kier molecular flexibility index (Phi) is 3.78. The maximum absolute atomic E-state index is 5.96. The first-order valence-electron chi connectivity index (χ1n) is 6.19. The Morgan fingerprint density at radius 1 is 1.18 bits per heavy atom. The summed E-state index contributed by atoms with van der Waals surface area (Å²) in [6.07, 6.45) is 6.34. The van der Waals surface area contributed by atoms with E-state index in [0.29, 0.717) is 23.6 Å². The van der Waals surface area contributed by atoms with E-state index < -0.39 is 0 Å². The van der Waals surface area contributed by atoms with Crippen molar-refractivity contribution in [1.29, 1.82) is 0 Å². The molecule has 0 unspecified atom stereocenters. The van der Waals surface area contributed by atoms with E-state index in [1.807, 2.05) is 13.8 Å². The third-order valence-electron chi connectivity index (χ3n) is 3.18. The van der Waals surface area contributed by atoms with Crippen LogP contribution >= 0.6 is 0 Å². The zero-order valence-electron chi connectivity index (χ0n) is 10.5. The summed E-state index contributed by atoms with van der Waals surface area (Å²) in [5.41, 5.74) is 3.46. The Morgan fingerprint density at radius 3 is 2.53 bits per heavy atom. The second-order valence-corrected chi connectivity index (χ2v) is 4.57. The van der Waals surface area contributed by atoms with Crippen molar-refractivity contribution in [2.75, 3.05) is 5.43 Å². The van der Waals surface area contributed by atoms with Crippen LogP contribution in [0.1, 0.15) is 43.5 Å². The van der Waals surface area contributed by atoms with Gasteiger partial charge < -0.3 is 10.2 Å². The number of aromatic nitrogens is 2. The van der Waals surface area contributed by atoms with Gasteiger partial charge in [-0.15, -0.1) is 0 Å². The van der Waals surface area contributed by atoms with Gasteiger partial charge in [0.2, 0.25) is 5.88 Å². The first kappa shape index (κ1) is 12.1. The number of nitrogens with zero attached hydrogens (tertiary/aromatic N) is 2. The molecule has 0 radical (unpaired) electrons. The molecule has 1 heterocycles. The van der Waals surface area contributed by atoms with Crippen molar-refractivity contribution >= 4 is 5.82 Å². The zero-order chi connectivity index (χ0) is 12.3. The lowest BCUT2D eigenvalue weighted by atomic mass is 9.98. The molecule has 1 saturated carbocycles. The first-order valence-corrected chi connectivity index (χ1v) is 6.19. The summed E-state index contributed by atoms with van der Waals surface area (Å²) in [6, 6.07) is 0. The largest absolute Gasteiger partial charge is 0.474 e. The Balaban J connectivity index is 2.16. The molecule has 0 saturated heterocycles. The molecule has 0 amide bonds. The molecule has 2 rings (SSSR count). The molecule has 0 aliphatic heterocycles. The van der Waals surface area contributed by atoms with Gasteiger partial charge in [-0.2, -0.15) is 4.98 Å². The zero-order valence-corrected chi connectivity index (χ0v) is 10.5. The van der Waals surface area contributed by atoms with E-state index in [4.69, 9.17) is 10.6 Å². The Bertz CT molecular complexity index is 388. The number of nitrogens with one attached hydrogen (secondary N) is 1. The highest BCUT2D eigenvalue weighted by atomic mass is 16.5. The maximum atomic E-state index is 5.96. The van der Waals surface area contributed by atoms with Gasteiger partial charge in [0.25, 0.3) is 0 Å². The third-order valence-corrected chi connectivity index (χ3v) is 3.18. The summed E-state index contributed by atoms with van der Waals surface area (Å²) in [5.74, 6) is 7.41. The summed E-state index contributed by atoms with van der Waals surface area (Å²) in [6.45, 7) is 3.76. The molecule has 94 valence electrons. The van der Waals surface area contributed by atoms with Gasteiger partial charge in [-0.3, -0.25) is 0 Å². The molecule has 1 aromatic rings. The first-order chi connectivity index (χ1) is 8.20. The summed E-state index contributed by atoms with van der Waals surface area (Å²) in [7, 11) is 0. The average Bonchev–Trinajstić information content (AvgIpc) is 2.34. The van der Waals surface area contributed by atoms with Crippen molar-refractivity contribution in [3.05, 3.63) is 11.4 Å². The molecular weight excluding hydrogens is 216 g/mol. The van der Waals surface area contributed by atoms with Crippen LogP contribution in [0.15, 0.2) is 0 Å². The molecule has 5 nitrogen and oxygen atoms in total. The van der Waals surface area contributed by atoms with E-state index in [0.717, 1.165) is 18.4 Å². The van der Waals surface area contributed by atoms with E-state index >= 15 is 0 Å². The number of hydrogen-bond donors (Lipinski definition) is 2.